The lowest BCUT2D eigenvalue weighted by Gasteiger charge is -2.32. The van der Waals surface area contributed by atoms with Gasteiger partial charge in [0, 0.05) is 62.8 Å². The minimum absolute atomic E-state index is 0.00434. The van der Waals surface area contributed by atoms with E-state index in [9.17, 15) is 4.79 Å². The standard InChI is InChI=1S/C19H22N6OS/c1-20-19-23-16(13-27-19)18(26)25-9-2-3-15(12-25)17-22-8-10-24(17)11-14-4-6-21-7-5-14/h4-8,10,13,15H,2-3,9,11-12H2,1H3,(H,20,23). The van der Waals surface area contributed by atoms with Crippen LogP contribution in [0.25, 0.3) is 0 Å². The zero-order valence-corrected chi connectivity index (χ0v) is 16.0. The molecule has 1 fully saturated rings. The van der Waals surface area contributed by atoms with Crippen LogP contribution >= 0.6 is 11.3 Å². The molecule has 1 aliphatic rings. The number of piperidine rings is 1. The SMILES string of the molecule is CNc1nc(C(=O)N2CCCC(c3nccn3Cc3ccncc3)C2)cs1. The van der Waals surface area contributed by atoms with Gasteiger partial charge in [-0.05, 0) is 30.5 Å². The van der Waals surface area contributed by atoms with Crippen LogP contribution in [0.4, 0.5) is 5.13 Å². The minimum Gasteiger partial charge on any atom is -0.365 e. The predicted octanol–water partition coefficient (Wildman–Crippen LogP) is 2.84. The summed E-state index contributed by atoms with van der Waals surface area (Å²) in [7, 11) is 1.81. The zero-order chi connectivity index (χ0) is 18.6. The molecule has 3 aromatic rings. The molecular formula is C19H22N6OS. The van der Waals surface area contributed by atoms with Crippen molar-refractivity contribution in [2.75, 3.05) is 25.5 Å². The number of likely N-dealkylation sites (tertiary alicyclic amines) is 1. The van der Waals surface area contributed by atoms with Crippen LogP contribution in [-0.2, 0) is 6.54 Å². The van der Waals surface area contributed by atoms with Gasteiger partial charge >= 0.3 is 0 Å². The van der Waals surface area contributed by atoms with E-state index >= 15 is 0 Å². The molecule has 4 rings (SSSR count). The molecule has 140 valence electrons. The number of thiazole rings is 1. The number of hydrogen-bond donors (Lipinski definition) is 1. The second-order valence-corrected chi connectivity index (χ2v) is 7.51. The first kappa shape index (κ1) is 17.7. The van der Waals surface area contributed by atoms with Gasteiger partial charge in [-0.3, -0.25) is 9.78 Å². The average molecular weight is 382 g/mol. The number of rotatable bonds is 5. The number of aromatic nitrogens is 4. The number of carbonyl (C=O) groups excluding carboxylic acids is 1. The van der Waals surface area contributed by atoms with Crippen molar-refractivity contribution in [2.24, 2.45) is 0 Å². The highest BCUT2D eigenvalue weighted by molar-refractivity contribution is 7.13. The maximum atomic E-state index is 12.8. The van der Waals surface area contributed by atoms with Crippen LogP contribution in [-0.4, -0.2) is 50.5 Å². The molecule has 1 amide bonds. The van der Waals surface area contributed by atoms with E-state index in [2.05, 4.69) is 24.8 Å². The van der Waals surface area contributed by atoms with E-state index < -0.39 is 0 Å². The predicted molar refractivity (Wildman–Crippen MR) is 105 cm³/mol. The number of nitrogens with one attached hydrogen (secondary N) is 1. The van der Waals surface area contributed by atoms with Crippen LogP contribution in [0, 0.1) is 0 Å². The van der Waals surface area contributed by atoms with Crippen molar-refractivity contribution >= 4 is 22.4 Å². The molecule has 0 saturated carbocycles. The first-order valence-electron chi connectivity index (χ1n) is 9.07. The summed E-state index contributed by atoms with van der Waals surface area (Å²) in [6, 6.07) is 4.03. The fourth-order valence-corrected chi connectivity index (χ4v) is 4.17. The summed E-state index contributed by atoms with van der Waals surface area (Å²) in [5.41, 5.74) is 1.71. The van der Waals surface area contributed by atoms with Gasteiger partial charge in [0.05, 0.1) is 0 Å². The summed E-state index contributed by atoms with van der Waals surface area (Å²) in [6.45, 7) is 2.21. The molecule has 0 aliphatic carbocycles. The van der Waals surface area contributed by atoms with Crippen LogP contribution < -0.4 is 5.32 Å². The molecule has 3 aromatic heterocycles. The van der Waals surface area contributed by atoms with E-state index in [1.807, 2.05) is 41.9 Å². The molecule has 1 saturated heterocycles. The largest absolute Gasteiger partial charge is 0.365 e. The van der Waals surface area contributed by atoms with E-state index in [0.717, 1.165) is 36.9 Å². The molecular weight excluding hydrogens is 360 g/mol. The first-order chi connectivity index (χ1) is 13.2. The van der Waals surface area contributed by atoms with Crippen LogP contribution in [0.3, 0.4) is 0 Å². The first-order valence-corrected chi connectivity index (χ1v) is 9.95. The van der Waals surface area contributed by atoms with Gasteiger partial charge in [0.15, 0.2) is 5.13 Å². The third kappa shape index (κ3) is 3.85. The Labute approximate surface area is 162 Å². The van der Waals surface area contributed by atoms with E-state index in [4.69, 9.17) is 0 Å². The van der Waals surface area contributed by atoms with Crippen LogP contribution in [0.5, 0.6) is 0 Å². The fourth-order valence-electron chi connectivity index (χ4n) is 3.52. The van der Waals surface area contributed by atoms with Gasteiger partial charge in [0.1, 0.15) is 11.5 Å². The number of imidazole rings is 1. The lowest BCUT2D eigenvalue weighted by atomic mass is 9.96. The second kappa shape index (κ2) is 7.87. The van der Waals surface area contributed by atoms with Crippen molar-refractivity contribution in [3.8, 4) is 0 Å². The molecule has 1 atom stereocenters. The van der Waals surface area contributed by atoms with Crippen LogP contribution in [0.1, 0.15) is 40.6 Å². The van der Waals surface area contributed by atoms with E-state index in [1.54, 1.807) is 12.4 Å². The molecule has 0 bridgehead atoms. The highest BCUT2D eigenvalue weighted by Crippen LogP contribution is 2.28. The lowest BCUT2D eigenvalue weighted by molar-refractivity contribution is 0.0698. The van der Waals surface area contributed by atoms with Crippen molar-refractivity contribution in [1.29, 1.82) is 0 Å². The monoisotopic (exact) mass is 382 g/mol. The summed E-state index contributed by atoms with van der Waals surface area (Å²) < 4.78 is 2.18. The van der Waals surface area contributed by atoms with Crippen molar-refractivity contribution in [3.05, 3.63) is 59.4 Å². The van der Waals surface area contributed by atoms with Crippen LogP contribution in [0.2, 0.25) is 0 Å². The van der Waals surface area contributed by atoms with Crippen molar-refractivity contribution in [3.63, 3.8) is 0 Å². The Hall–Kier alpha value is -2.74. The Morgan fingerprint density at radius 1 is 1.33 bits per heavy atom. The molecule has 8 heteroatoms. The minimum atomic E-state index is 0.00434. The summed E-state index contributed by atoms with van der Waals surface area (Å²) >= 11 is 1.45. The normalized spacial score (nSPS) is 17.1. The molecule has 0 radical (unpaired) electrons. The Kier molecular flexibility index (Phi) is 5.15. The average Bonchev–Trinajstić information content (AvgIpc) is 3.38. The number of nitrogens with zero attached hydrogens (tertiary/aromatic N) is 5. The number of carbonyl (C=O) groups is 1. The van der Waals surface area contributed by atoms with Crippen molar-refractivity contribution in [1.82, 2.24) is 24.4 Å². The Balaban J connectivity index is 1.49. The fraction of sp³-hybridized carbons (Fsp3) is 0.368. The quantitative estimate of drug-likeness (QED) is 0.734. The van der Waals surface area contributed by atoms with Crippen molar-refractivity contribution in [2.45, 2.75) is 25.3 Å². The molecule has 4 heterocycles. The van der Waals surface area contributed by atoms with Gasteiger partial charge in [-0.15, -0.1) is 11.3 Å². The molecule has 0 spiro atoms. The van der Waals surface area contributed by atoms with Gasteiger partial charge in [0.25, 0.3) is 5.91 Å². The maximum absolute atomic E-state index is 12.8. The number of amides is 1. The van der Waals surface area contributed by atoms with Crippen LogP contribution in [0.15, 0.2) is 42.3 Å². The third-order valence-corrected chi connectivity index (χ3v) is 5.72. The molecule has 1 N–H and O–H groups in total. The zero-order valence-electron chi connectivity index (χ0n) is 15.2. The van der Waals surface area contributed by atoms with Gasteiger partial charge in [0.2, 0.25) is 0 Å². The Bertz CT molecular complexity index is 906. The molecule has 0 aromatic carbocycles. The lowest BCUT2D eigenvalue weighted by Crippen LogP contribution is -2.40. The summed E-state index contributed by atoms with van der Waals surface area (Å²) in [5, 5.41) is 5.57. The van der Waals surface area contributed by atoms with Gasteiger partial charge in [-0.25, -0.2) is 9.97 Å². The summed E-state index contributed by atoms with van der Waals surface area (Å²) in [6.07, 6.45) is 9.48. The van der Waals surface area contributed by atoms with Gasteiger partial charge < -0.3 is 14.8 Å². The molecule has 7 nitrogen and oxygen atoms in total. The number of hydrogen-bond acceptors (Lipinski definition) is 6. The van der Waals surface area contributed by atoms with E-state index in [1.165, 1.54) is 16.9 Å². The third-order valence-electron chi connectivity index (χ3n) is 4.86. The Morgan fingerprint density at radius 3 is 2.96 bits per heavy atom. The Morgan fingerprint density at radius 2 is 2.19 bits per heavy atom. The van der Waals surface area contributed by atoms with E-state index in [-0.39, 0.29) is 11.8 Å². The molecule has 1 aliphatic heterocycles. The topological polar surface area (TPSA) is 75.9 Å². The summed E-state index contributed by atoms with van der Waals surface area (Å²) in [4.78, 5) is 27.8. The molecule has 1 unspecified atom stereocenters. The van der Waals surface area contributed by atoms with Crippen molar-refractivity contribution < 1.29 is 4.79 Å². The summed E-state index contributed by atoms with van der Waals surface area (Å²) in [5.74, 6) is 1.28. The number of pyridine rings is 1. The highest BCUT2D eigenvalue weighted by atomic mass is 32.1. The van der Waals surface area contributed by atoms with Gasteiger partial charge in [-0.1, -0.05) is 0 Å². The smallest absolute Gasteiger partial charge is 0.273 e. The maximum Gasteiger partial charge on any atom is 0.273 e. The number of anilines is 1. The van der Waals surface area contributed by atoms with Gasteiger partial charge in [-0.2, -0.15) is 0 Å². The molecule has 27 heavy (non-hydrogen) atoms. The second-order valence-electron chi connectivity index (χ2n) is 6.65. The highest BCUT2D eigenvalue weighted by Gasteiger charge is 2.29. The van der Waals surface area contributed by atoms with E-state index in [0.29, 0.717) is 12.2 Å².